The van der Waals surface area contributed by atoms with E-state index >= 15 is 0 Å². The molecule has 0 aromatic carbocycles. The van der Waals surface area contributed by atoms with Gasteiger partial charge in [-0.1, -0.05) is 0 Å². The van der Waals surface area contributed by atoms with E-state index in [0.29, 0.717) is 6.61 Å². The van der Waals surface area contributed by atoms with E-state index in [1.807, 2.05) is 6.92 Å². The number of rotatable bonds is 2. The Morgan fingerprint density at radius 3 is 2.64 bits per heavy atom. The van der Waals surface area contributed by atoms with Crippen LogP contribution in [0.1, 0.15) is 32.6 Å². The second-order valence-electron chi connectivity index (χ2n) is 4.32. The minimum absolute atomic E-state index is 0.00458. The SMILES string of the molecule is CCOC(=O)C1CCC2CCN1CC2. The lowest BCUT2D eigenvalue weighted by Gasteiger charge is -2.30. The van der Waals surface area contributed by atoms with Gasteiger partial charge in [-0.15, -0.1) is 0 Å². The van der Waals surface area contributed by atoms with E-state index in [0.717, 1.165) is 25.4 Å². The minimum Gasteiger partial charge on any atom is -0.465 e. The molecule has 80 valence electrons. The van der Waals surface area contributed by atoms with Crippen molar-refractivity contribution in [3.63, 3.8) is 0 Å². The Hall–Kier alpha value is -0.570. The highest BCUT2D eigenvalue weighted by molar-refractivity contribution is 5.75. The van der Waals surface area contributed by atoms with Crippen LogP contribution in [0.5, 0.6) is 0 Å². The number of carbonyl (C=O) groups excluding carboxylic acids is 1. The Balaban J connectivity index is 2.00. The van der Waals surface area contributed by atoms with E-state index in [2.05, 4.69) is 4.90 Å². The lowest BCUT2D eigenvalue weighted by molar-refractivity contribution is -0.149. The van der Waals surface area contributed by atoms with Gasteiger partial charge in [0.1, 0.15) is 6.04 Å². The lowest BCUT2D eigenvalue weighted by Crippen LogP contribution is -2.43. The van der Waals surface area contributed by atoms with Crippen molar-refractivity contribution in [2.75, 3.05) is 19.7 Å². The molecule has 3 heterocycles. The summed E-state index contributed by atoms with van der Waals surface area (Å²) in [5, 5.41) is 0. The van der Waals surface area contributed by atoms with E-state index in [-0.39, 0.29) is 12.0 Å². The summed E-state index contributed by atoms with van der Waals surface area (Å²) in [6.07, 6.45) is 4.76. The molecular weight excluding hydrogens is 178 g/mol. The van der Waals surface area contributed by atoms with E-state index in [1.165, 1.54) is 19.3 Å². The van der Waals surface area contributed by atoms with Crippen LogP contribution in [-0.2, 0) is 9.53 Å². The highest BCUT2D eigenvalue weighted by Crippen LogP contribution is 2.30. The fourth-order valence-corrected chi connectivity index (χ4v) is 2.63. The molecule has 1 atom stereocenters. The average Bonchev–Trinajstić information content (AvgIpc) is 2.51. The Morgan fingerprint density at radius 1 is 1.29 bits per heavy atom. The Bertz CT molecular complexity index is 209. The van der Waals surface area contributed by atoms with Gasteiger partial charge in [-0.05, 0) is 51.6 Å². The largest absolute Gasteiger partial charge is 0.465 e. The van der Waals surface area contributed by atoms with Crippen LogP contribution >= 0.6 is 0 Å². The van der Waals surface area contributed by atoms with Gasteiger partial charge in [-0.3, -0.25) is 9.69 Å². The predicted molar refractivity (Wildman–Crippen MR) is 54.0 cm³/mol. The van der Waals surface area contributed by atoms with Crippen LogP contribution in [0.15, 0.2) is 0 Å². The van der Waals surface area contributed by atoms with Gasteiger partial charge in [-0.25, -0.2) is 0 Å². The van der Waals surface area contributed by atoms with Gasteiger partial charge in [0.05, 0.1) is 6.61 Å². The zero-order valence-corrected chi connectivity index (χ0v) is 8.87. The summed E-state index contributed by atoms with van der Waals surface area (Å²) < 4.78 is 5.11. The van der Waals surface area contributed by atoms with Crippen molar-refractivity contribution in [3.05, 3.63) is 0 Å². The van der Waals surface area contributed by atoms with E-state index in [4.69, 9.17) is 4.74 Å². The van der Waals surface area contributed by atoms with Crippen LogP contribution in [0, 0.1) is 5.92 Å². The van der Waals surface area contributed by atoms with E-state index < -0.39 is 0 Å². The molecule has 3 aliphatic heterocycles. The van der Waals surface area contributed by atoms with Gasteiger partial charge in [-0.2, -0.15) is 0 Å². The topological polar surface area (TPSA) is 29.5 Å². The van der Waals surface area contributed by atoms with Gasteiger partial charge < -0.3 is 4.74 Å². The molecule has 0 N–H and O–H groups in total. The first-order valence-corrected chi connectivity index (χ1v) is 5.72. The highest BCUT2D eigenvalue weighted by atomic mass is 16.5. The van der Waals surface area contributed by atoms with Crippen molar-refractivity contribution in [1.29, 1.82) is 0 Å². The molecule has 2 bridgehead atoms. The van der Waals surface area contributed by atoms with Gasteiger partial charge in [0.25, 0.3) is 0 Å². The van der Waals surface area contributed by atoms with Crippen LogP contribution in [0.25, 0.3) is 0 Å². The Labute approximate surface area is 85.4 Å². The maximum absolute atomic E-state index is 11.7. The predicted octanol–water partition coefficient (Wildman–Crippen LogP) is 1.42. The van der Waals surface area contributed by atoms with Crippen molar-refractivity contribution >= 4 is 5.97 Å². The molecule has 1 unspecified atom stereocenters. The molecule has 0 aliphatic carbocycles. The van der Waals surface area contributed by atoms with Crippen LogP contribution in [0.2, 0.25) is 0 Å². The molecule has 0 saturated carbocycles. The monoisotopic (exact) mass is 197 g/mol. The molecule has 0 amide bonds. The maximum atomic E-state index is 11.7. The second kappa shape index (κ2) is 4.30. The molecule has 0 aromatic rings. The number of hydrogen-bond acceptors (Lipinski definition) is 3. The highest BCUT2D eigenvalue weighted by Gasteiger charge is 2.34. The molecular formula is C11H19NO2. The zero-order chi connectivity index (χ0) is 9.97. The third-order valence-corrected chi connectivity index (χ3v) is 3.50. The van der Waals surface area contributed by atoms with E-state index in [9.17, 15) is 4.79 Å². The van der Waals surface area contributed by atoms with Crippen molar-refractivity contribution in [2.24, 2.45) is 5.92 Å². The summed E-state index contributed by atoms with van der Waals surface area (Å²) in [5.74, 6) is 0.862. The number of fused-ring (bicyclic) bond motifs is 4. The summed E-state index contributed by atoms with van der Waals surface area (Å²) in [6, 6.07) is 0.0578. The van der Waals surface area contributed by atoms with Crippen molar-refractivity contribution in [1.82, 2.24) is 4.90 Å². The molecule has 0 aromatic heterocycles. The molecule has 3 rings (SSSR count). The van der Waals surface area contributed by atoms with E-state index in [1.54, 1.807) is 0 Å². The first kappa shape index (κ1) is 9.97. The Morgan fingerprint density at radius 2 is 2.00 bits per heavy atom. The molecule has 0 radical (unpaired) electrons. The number of piperidine rings is 1. The number of esters is 1. The second-order valence-corrected chi connectivity index (χ2v) is 4.32. The van der Waals surface area contributed by atoms with Crippen LogP contribution in [0.3, 0.4) is 0 Å². The molecule has 3 saturated heterocycles. The maximum Gasteiger partial charge on any atom is 0.323 e. The standard InChI is InChI=1S/C11H19NO2/c1-2-14-11(13)10-4-3-9-5-7-12(10)8-6-9/h9-10H,2-8H2,1H3. The van der Waals surface area contributed by atoms with Crippen molar-refractivity contribution in [3.8, 4) is 0 Å². The number of nitrogens with zero attached hydrogens (tertiary/aromatic N) is 1. The molecule has 3 aliphatic rings. The Kier molecular flexibility index (Phi) is 3.06. The van der Waals surface area contributed by atoms with Gasteiger partial charge >= 0.3 is 5.97 Å². The summed E-state index contributed by atoms with van der Waals surface area (Å²) in [7, 11) is 0. The third-order valence-electron chi connectivity index (χ3n) is 3.50. The van der Waals surface area contributed by atoms with Crippen molar-refractivity contribution < 1.29 is 9.53 Å². The molecule has 14 heavy (non-hydrogen) atoms. The van der Waals surface area contributed by atoms with Crippen LogP contribution in [-0.4, -0.2) is 36.6 Å². The summed E-state index contributed by atoms with van der Waals surface area (Å²) in [4.78, 5) is 14.0. The van der Waals surface area contributed by atoms with Gasteiger partial charge in [0.2, 0.25) is 0 Å². The normalized spacial score (nSPS) is 36.5. The van der Waals surface area contributed by atoms with Gasteiger partial charge in [0, 0.05) is 0 Å². The fraction of sp³-hybridized carbons (Fsp3) is 0.909. The minimum atomic E-state index is -0.00458. The summed E-state index contributed by atoms with van der Waals surface area (Å²) >= 11 is 0. The smallest absolute Gasteiger partial charge is 0.323 e. The molecule has 3 fully saturated rings. The third kappa shape index (κ3) is 1.92. The fourth-order valence-electron chi connectivity index (χ4n) is 2.63. The summed E-state index contributed by atoms with van der Waals surface area (Å²) in [5.41, 5.74) is 0. The lowest BCUT2D eigenvalue weighted by atomic mass is 9.95. The van der Waals surface area contributed by atoms with Crippen molar-refractivity contribution in [2.45, 2.75) is 38.6 Å². The summed E-state index contributed by atoms with van der Waals surface area (Å²) in [6.45, 7) is 4.57. The molecule has 3 nitrogen and oxygen atoms in total. The first-order valence-electron chi connectivity index (χ1n) is 5.72. The van der Waals surface area contributed by atoms with Gasteiger partial charge in [0.15, 0.2) is 0 Å². The number of carbonyl (C=O) groups is 1. The average molecular weight is 197 g/mol. The molecule has 0 spiro atoms. The number of hydrogen-bond donors (Lipinski definition) is 0. The first-order chi connectivity index (χ1) is 6.81. The quantitative estimate of drug-likeness (QED) is 0.627. The zero-order valence-electron chi connectivity index (χ0n) is 8.87. The van der Waals surface area contributed by atoms with Crippen LogP contribution < -0.4 is 0 Å². The number of ether oxygens (including phenoxy) is 1. The van der Waals surface area contributed by atoms with Crippen LogP contribution in [0.4, 0.5) is 0 Å². The molecule has 3 heteroatoms.